The lowest BCUT2D eigenvalue weighted by Gasteiger charge is -2.25. The molecule has 3 rings (SSSR count). The first kappa shape index (κ1) is 29.4. The number of aliphatic hydroxyl groups is 1. The summed E-state index contributed by atoms with van der Waals surface area (Å²) in [7, 11) is 0. The number of ether oxygens (including phenoxy) is 4. The molecule has 0 spiro atoms. The Morgan fingerprint density at radius 3 is 2.10 bits per heavy atom. The summed E-state index contributed by atoms with van der Waals surface area (Å²) in [6.45, 7) is 9.27. The molecule has 0 unspecified atom stereocenters. The van der Waals surface area contributed by atoms with Gasteiger partial charge in [0.05, 0.1) is 43.8 Å². The fraction of sp³-hybridized carbons (Fsp3) is 0.323. The summed E-state index contributed by atoms with van der Waals surface area (Å²) >= 11 is 0. The van der Waals surface area contributed by atoms with Crippen LogP contribution in [0, 0.1) is 13.8 Å². The van der Waals surface area contributed by atoms with Crippen LogP contribution >= 0.6 is 0 Å². The maximum Gasteiger partial charge on any atom is 0.338 e. The first-order valence-electron chi connectivity index (χ1n) is 12.9. The summed E-state index contributed by atoms with van der Waals surface area (Å²) < 4.78 is 21.6. The molecule has 0 aromatic heterocycles. The molecule has 1 N–H and O–H groups in total. The molecule has 2 atom stereocenters. The van der Waals surface area contributed by atoms with E-state index in [4.69, 9.17) is 18.9 Å². The van der Waals surface area contributed by atoms with Crippen molar-refractivity contribution in [2.45, 2.75) is 46.6 Å². The minimum absolute atomic E-state index is 0.0758. The summed E-state index contributed by atoms with van der Waals surface area (Å²) in [5.74, 6) is -2.98. The second-order valence-electron chi connectivity index (χ2n) is 8.87. The van der Waals surface area contributed by atoms with Crippen LogP contribution in [0.3, 0.4) is 0 Å². The zero-order valence-corrected chi connectivity index (χ0v) is 22.9. The van der Waals surface area contributed by atoms with Crippen LogP contribution in [-0.2, 0) is 23.8 Å². The number of carbonyl (C=O) groups excluding carboxylic acids is 3. The first-order valence-corrected chi connectivity index (χ1v) is 12.9. The van der Waals surface area contributed by atoms with Crippen LogP contribution in [0.1, 0.15) is 65.4 Å². The maximum absolute atomic E-state index is 13.4. The number of fused-ring (bicyclic) bond motifs is 1. The van der Waals surface area contributed by atoms with Crippen LogP contribution in [-0.4, -0.2) is 42.8 Å². The van der Waals surface area contributed by atoms with E-state index in [0.717, 1.165) is 23.5 Å². The van der Waals surface area contributed by atoms with Crippen LogP contribution < -0.4 is 4.74 Å². The Morgan fingerprint density at radius 1 is 0.821 bits per heavy atom. The van der Waals surface area contributed by atoms with Gasteiger partial charge in [0.1, 0.15) is 11.7 Å². The zero-order valence-electron chi connectivity index (χ0n) is 22.9. The molecule has 0 amide bonds. The number of benzene rings is 3. The van der Waals surface area contributed by atoms with Crippen molar-refractivity contribution in [2.24, 2.45) is 0 Å². The van der Waals surface area contributed by atoms with E-state index in [1.165, 1.54) is 6.07 Å². The van der Waals surface area contributed by atoms with E-state index in [-0.39, 0.29) is 36.7 Å². The highest BCUT2D eigenvalue weighted by molar-refractivity contribution is 6.08. The molecule has 3 aromatic carbocycles. The molecule has 206 valence electrons. The Bertz CT molecular complexity index is 1360. The average Bonchev–Trinajstić information content (AvgIpc) is 2.90. The molecule has 8 heteroatoms. The molecule has 8 nitrogen and oxygen atoms in total. The van der Waals surface area contributed by atoms with Gasteiger partial charge >= 0.3 is 17.9 Å². The summed E-state index contributed by atoms with van der Waals surface area (Å²) in [5, 5.41) is 12.5. The van der Waals surface area contributed by atoms with Gasteiger partial charge < -0.3 is 24.1 Å². The largest absolute Gasteiger partial charge is 0.465 e. The molecule has 0 bridgehead atoms. The second-order valence-corrected chi connectivity index (χ2v) is 8.87. The van der Waals surface area contributed by atoms with Crippen molar-refractivity contribution >= 4 is 28.7 Å². The highest BCUT2D eigenvalue weighted by Crippen LogP contribution is 2.43. The second kappa shape index (κ2) is 13.6. The number of aliphatic hydroxyl groups excluding tert-OH is 1. The minimum atomic E-state index is -1.33. The molecular formula is C31H34O8. The van der Waals surface area contributed by atoms with Crippen LogP contribution in [0.25, 0.3) is 10.8 Å². The fourth-order valence-electron chi connectivity index (χ4n) is 4.24. The standard InChI is InChI=1S/C31H34O8/c1-6-36-26(32)15-16-39-29-22-14-11-20(5)17-23(22)24(30(34)37-7-2)18-25(29)27(31(35)38-8-3)28(33)21-12-9-19(4)10-13-21/h9-18,27-28,33H,6-8H2,1-5H3/b16-15+/t27-,28+/m1/s1. The average molecular weight is 535 g/mol. The summed E-state index contributed by atoms with van der Waals surface area (Å²) in [4.78, 5) is 38.4. The van der Waals surface area contributed by atoms with Crippen molar-refractivity contribution in [3.63, 3.8) is 0 Å². The third kappa shape index (κ3) is 7.03. The molecular weight excluding hydrogens is 500 g/mol. The third-order valence-electron chi connectivity index (χ3n) is 6.05. The summed E-state index contributed by atoms with van der Waals surface area (Å²) in [6, 6.07) is 14.0. The van der Waals surface area contributed by atoms with Gasteiger partial charge in [0.2, 0.25) is 0 Å². The predicted molar refractivity (Wildman–Crippen MR) is 147 cm³/mol. The molecule has 39 heavy (non-hydrogen) atoms. The first-order chi connectivity index (χ1) is 18.7. The van der Waals surface area contributed by atoms with Crippen molar-refractivity contribution in [1.29, 1.82) is 0 Å². The van der Waals surface area contributed by atoms with Gasteiger partial charge in [0.15, 0.2) is 0 Å². The van der Waals surface area contributed by atoms with Gasteiger partial charge in [-0.2, -0.15) is 0 Å². The van der Waals surface area contributed by atoms with Gasteiger partial charge in [-0.25, -0.2) is 9.59 Å². The Morgan fingerprint density at radius 2 is 1.46 bits per heavy atom. The van der Waals surface area contributed by atoms with Gasteiger partial charge in [-0.3, -0.25) is 4.79 Å². The number of aryl methyl sites for hydroxylation is 2. The maximum atomic E-state index is 13.4. The molecule has 0 fully saturated rings. The van der Waals surface area contributed by atoms with Gasteiger partial charge in [-0.1, -0.05) is 53.6 Å². The Kier molecular flexibility index (Phi) is 10.2. The highest BCUT2D eigenvalue weighted by atomic mass is 16.5. The Hall–Kier alpha value is -4.17. The van der Waals surface area contributed by atoms with Crippen molar-refractivity contribution in [3.05, 3.63) is 88.7 Å². The topological polar surface area (TPSA) is 108 Å². The summed E-state index contributed by atoms with van der Waals surface area (Å²) in [5.41, 5.74) is 2.76. The number of hydrogen-bond acceptors (Lipinski definition) is 8. The lowest BCUT2D eigenvalue weighted by atomic mass is 9.85. The van der Waals surface area contributed by atoms with Crippen LogP contribution in [0.4, 0.5) is 0 Å². The monoisotopic (exact) mass is 534 g/mol. The van der Waals surface area contributed by atoms with E-state index in [2.05, 4.69) is 0 Å². The predicted octanol–water partition coefficient (Wildman–Crippen LogP) is 5.47. The van der Waals surface area contributed by atoms with E-state index < -0.39 is 29.9 Å². The summed E-state index contributed by atoms with van der Waals surface area (Å²) in [6.07, 6.45) is 0.933. The van der Waals surface area contributed by atoms with Gasteiger partial charge in [-0.05, 0) is 46.2 Å². The van der Waals surface area contributed by atoms with Crippen molar-refractivity contribution in [2.75, 3.05) is 19.8 Å². The van der Waals surface area contributed by atoms with E-state index >= 15 is 0 Å². The minimum Gasteiger partial charge on any atom is -0.465 e. The van der Waals surface area contributed by atoms with Gasteiger partial charge in [0.25, 0.3) is 0 Å². The van der Waals surface area contributed by atoms with Crippen LogP contribution in [0.5, 0.6) is 5.75 Å². The molecule has 0 heterocycles. The lowest BCUT2D eigenvalue weighted by Crippen LogP contribution is -2.24. The fourth-order valence-corrected chi connectivity index (χ4v) is 4.24. The van der Waals surface area contributed by atoms with Crippen molar-refractivity contribution < 1.29 is 38.4 Å². The van der Waals surface area contributed by atoms with E-state index in [1.54, 1.807) is 39.0 Å². The number of hydrogen-bond donors (Lipinski definition) is 1. The molecule has 0 radical (unpaired) electrons. The molecule has 0 aliphatic heterocycles. The quantitative estimate of drug-likeness (QED) is 0.149. The Balaban J connectivity index is 2.32. The zero-order chi connectivity index (χ0) is 28.5. The molecule has 0 aliphatic carbocycles. The van der Waals surface area contributed by atoms with Gasteiger partial charge in [-0.15, -0.1) is 0 Å². The van der Waals surface area contributed by atoms with E-state index in [0.29, 0.717) is 16.3 Å². The molecule has 3 aromatic rings. The van der Waals surface area contributed by atoms with Crippen LogP contribution in [0.15, 0.2) is 60.9 Å². The number of carbonyl (C=O) groups is 3. The number of esters is 3. The normalized spacial score (nSPS) is 12.7. The Labute approximate surface area is 228 Å². The third-order valence-corrected chi connectivity index (χ3v) is 6.05. The van der Waals surface area contributed by atoms with Crippen LogP contribution in [0.2, 0.25) is 0 Å². The van der Waals surface area contributed by atoms with E-state index in [9.17, 15) is 19.5 Å². The lowest BCUT2D eigenvalue weighted by molar-refractivity contribution is -0.148. The highest BCUT2D eigenvalue weighted by Gasteiger charge is 2.35. The number of rotatable bonds is 11. The van der Waals surface area contributed by atoms with Gasteiger partial charge in [0, 0.05) is 16.3 Å². The molecule has 0 saturated carbocycles. The van der Waals surface area contributed by atoms with Crippen molar-refractivity contribution in [3.8, 4) is 5.75 Å². The molecule has 0 saturated heterocycles. The van der Waals surface area contributed by atoms with E-state index in [1.807, 2.05) is 38.1 Å². The van der Waals surface area contributed by atoms with Crippen molar-refractivity contribution in [1.82, 2.24) is 0 Å². The smallest absolute Gasteiger partial charge is 0.338 e. The molecule has 0 aliphatic rings. The SMILES string of the molecule is CCOC(=O)/C=C/Oc1c([C@@H](C(=O)OCC)[C@@H](O)c2ccc(C)cc2)cc(C(=O)OCC)c2cc(C)ccc12.